The second kappa shape index (κ2) is 8.41. The third-order valence-electron chi connectivity index (χ3n) is 3.37. The zero-order chi connectivity index (χ0) is 15.8. The smallest absolute Gasteiger partial charge is 0.119 e. The lowest BCUT2D eigenvalue weighted by Crippen LogP contribution is -2.37. The van der Waals surface area contributed by atoms with Gasteiger partial charge in [-0.3, -0.25) is 0 Å². The molecule has 118 valence electrons. The average molecular weight is 301 g/mol. The molecule has 0 saturated carbocycles. The molecule has 0 radical (unpaired) electrons. The van der Waals surface area contributed by atoms with Gasteiger partial charge >= 0.3 is 0 Å². The summed E-state index contributed by atoms with van der Waals surface area (Å²) in [7, 11) is 0. The zero-order valence-electron chi connectivity index (χ0n) is 12.8. The Labute approximate surface area is 131 Å². The Kier molecular flexibility index (Phi) is 6.25. The number of phenolic OH excluding ortho intramolecular Hbond substituents is 1. The molecule has 4 nitrogen and oxygen atoms in total. The monoisotopic (exact) mass is 301 g/mol. The van der Waals surface area contributed by atoms with Crippen LogP contribution >= 0.6 is 0 Å². The van der Waals surface area contributed by atoms with E-state index in [0.29, 0.717) is 6.54 Å². The molecule has 0 bridgehead atoms. The molecule has 2 atom stereocenters. The number of rotatable bonds is 8. The van der Waals surface area contributed by atoms with Gasteiger partial charge in [0.05, 0.1) is 0 Å². The summed E-state index contributed by atoms with van der Waals surface area (Å²) < 4.78 is 5.51. The predicted octanol–water partition coefficient (Wildman–Crippen LogP) is 2.35. The summed E-state index contributed by atoms with van der Waals surface area (Å²) in [6, 6.07) is 16.9. The predicted molar refractivity (Wildman–Crippen MR) is 87.2 cm³/mol. The van der Waals surface area contributed by atoms with Gasteiger partial charge < -0.3 is 20.3 Å². The van der Waals surface area contributed by atoms with Crippen LogP contribution in [0.4, 0.5) is 0 Å². The number of phenols is 1. The van der Waals surface area contributed by atoms with Gasteiger partial charge in [0, 0.05) is 12.6 Å². The fourth-order valence-corrected chi connectivity index (χ4v) is 2.16. The molecule has 22 heavy (non-hydrogen) atoms. The third kappa shape index (κ3) is 5.76. The first-order chi connectivity index (χ1) is 10.6. The van der Waals surface area contributed by atoms with Crippen LogP contribution in [0.2, 0.25) is 0 Å². The van der Waals surface area contributed by atoms with Gasteiger partial charge in [0.2, 0.25) is 0 Å². The summed E-state index contributed by atoms with van der Waals surface area (Å²) in [4.78, 5) is 0. The fourth-order valence-electron chi connectivity index (χ4n) is 2.16. The Morgan fingerprint density at radius 3 is 2.41 bits per heavy atom. The number of aliphatic hydroxyl groups excluding tert-OH is 1. The molecular formula is C18H23NO3. The van der Waals surface area contributed by atoms with Crippen LogP contribution < -0.4 is 10.1 Å². The molecule has 2 rings (SSSR count). The minimum Gasteiger partial charge on any atom is -0.508 e. The summed E-state index contributed by atoms with van der Waals surface area (Å²) in [5.74, 6) is 1.04. The molecule has 2 unspecified atom stereocenters. The van der Waals surface area contributed by atoms with Gasteiger partial charge in [0.25, 0.3) is 0 Å². The summed E-state index contributed by atoms with van der Waals surface area (Å²) in [6.45, 7) is 2.81. The van der Waals surface area contributed by atoms with Crippen LogP contribution in [-0.2, 0) is 6.42 Å². The van der Waals surface area contributed by atoms with Crippen molar-refractivity contribution in [2.45, 2.75) is 25.5 Å². The third-order valence-corrected chi connectivity index (χ3v) is 3.37. The number of hydrogen-bond donors (Lipinski definition) is 3. The maximum absolute atomic E-state index is 9.94. The molecule has 2 aromatic rings. The van der Waals surface area contributed by atoms with E-state index < -0.39 is 6.10 Å². The summed E-state index contributed by atoms with van der Waals surface area (Å²) in [5, 5.41) is 22.5. The molecule has 2 aromatic carbocycles. The maximum atomic E-state index is 9.94. The quantitative estimate of drug-likeness (QED) is 0.700. The summed E-state index contributed by atoms with van der Waals surface area (Å²) >= 11 is 0. The highest BCUT2D eigenvalue weighted by Gasteiger charge is 2.08. The molecule has 0 saturated heterocycles. The second-order valence-electron chi connectivity index (χ2n) is 5.46. The van der Waals surface area contributed by atoms with Gasteiger partial charge in [0.15, 0.2) is 0 Å². The fraction of sp³-hybridized carbons (Fsp3) is 0.333. The highest BCUT2D eigenvalue weighted by molar-refractivity contribution is 5.26. The van der Waals surface area contributed by atoms with Gasteiger partial charge in [-0.2, -0.15) is 0 Å². The van der Waals surface area contributed by atoms with Crippen molar-refractivity contribution < 1.29 is 14.9 Å². The Morgan fingerprint density at radius 2 is 1.73 bits per heavy atom. The number of aliphatic hydroxyl groups is 1. The van der Waals surface area contributed by atoms with Crippen molar-refractivity contribution in [1.29, 1.82) is 0 Å². The number of para-hydroxylation sites is 1. The van der Waals surface area contributed by atoms with Crippen LogP contribution in [0.5, 0.6) is 11.5 Å². The maximum Gasteiger partial charge on any atom is 0.119 e. The van der Waals surface area contributed by atoms with Gasteiger partial charge in [-0.1, -0.05) is 30.3 Å². The SMILES string of the molecule is CC(Cc1ccc(O)cc1)NCC(O)COc1ccccc1. The molecule has 0 aliphatic carbocycles. The van der Waals surface area contributed by atoms with Gasteiger partial charge in [-0.05, 0) is 43.2 Å². The van der Waals surface area contributed by atoms with Gasteiger partial charge in [0.1, 0.15) is 24.2 Å². The first-order valence-corrected chi connectivity index (χ1v) is 7.50. The van der Waals surface area contributed by atoms with Crippen molar-refractivity contribution in [3.63, 3.8) is 0 Å². The van der Waals surface area contributed by atoms with Crippen LogP contribution in [0.1, 0.15) is 12.5 Å². The van der Waals surface area contributed by atoms with Crippen LogP contribution in [0.3, 0.4) is 0 Å². The number of hydrogen-bond acceptors (Lipinski definition) is 4. The molecule has 3 N–H and O–H groups in total. The number of aromatic hydroxyl groups is 1. The van der Waals surface area contributed by atoms with E-state index >= 15 is 0 Å². The Morgan fingerprint density at radius 1 is 1.05 bits per heavy atom. The topological polar surface area (TPSA) is 61.7 Å². The highest BCUT2D eigenvalue weighted by atomic mass is 16.5. The summed E-state index contributed by atoms with van der Waals surface area (Å²) in [5.41, 5.74) is 1.15. The van der Waals surface area contributed by atoms with Crippen LogP contribution in [-0.4, -0.2) is 35.5 Å². The van der Waals surface area contributed by atoms with Crippen molar-refractivity contribution >= 4 is 0 Å². The Bertz CT molecular complexity index is 542. The molecular weight excluding hydrogens is 278 g/mol. The molecule has 0 amide bonds. The first kappa shape index (κ1) is 16.3. The minimum absolute atomic E-state index is 0.232. The zero-order valence-corrected chi connectivity index (χ0v) is 12.8. The van der Waals surface area contributed by atoms with E-state index in [0.717, 1.165) is 17.7 Å². The van der Waals surface area contributed by atoms with E-state index in [2.05, 4.69) is 12.2 Å². The highest BCUT2D eigenvalue weighted by Crippen LogP contribution is 2.11. The lowest BCUT2D eigenvalue weighted by atomic mass is 10.1. The van der Waals surface area contributed by atoms with Crippen LogP contribution in [0.25, 0.3) is 0 Å². The lowest BCUT2D eigenvalue weighted by Gasteiger charge is -2.17. The number of nitrogens with one attached hydrogen (secondary N) is 1. The van der Waals surface area contributed by atoms with E-state index in [1.54, 1.807) is 12.1 Å². The van der Waals surface area contributed by atoms with Gasteiger partial charge in [-0.25, -0.2) is 0 Å². The standard InChI is InChI=1S/C18H23NO3/c1-14(11-15-7-9-16(20)10-8-15)19-12-17(21)13-22-18-5-3-2-4-6-18/h2-10,14,17,19-21H,11-13H2,1H3. The first-order valence-electron chi connectivity index (χ1n) is 7.50. The van der Waals surface area contributed by atoms with Crippen LogP contribution in [0, 0.1) is 0 Å². The van der Waals surface area contributed by atoms with E-state index in [4.69, 9.17) is 4.74 Å². The second-order valence-corrected chi connectivity index (χ2v) is 5.46. The Hall–Kier alpha value is -2.04. The van der Waals surface area contributed by atoms with E-state index in [1.165, 1.54) is 0 Å². The van der Waals surface area contributed by atoms with Crippen molar-refractivity contribution in [1.82, 2.24) is 5.32 Å². The number of ether oxygens (including phenoxy) is 1. The summed E-state index contributed by atoms with van der Waals surface area (Å²) in [6.07, 6.45) is 0.287. The van der Waals surface area contributed by atoms with E-state index in [1.807, 2.05) is 42.5 Å². The van der Waals surface area contributed by atoms with Crippen molar-refractivity contribution in [3.8, 4) is 11.5 Å². The lowest BCUT2D eigenvalue weighted by molar-refractivity contribution is 0.104. The minimum atomic E-state index is -0.553. The molecule has 0 heterocycles. The largest absolute Gasteiger partial charge is 0.508 e. The Balaban J connectivity index is 1.67. The molecule has 4 heteroatoms. The molecule has 0 fully saturated rings. The molecule has 0 aromatic heterocycles. The number of benzene rings is 2. The average Bonchev–Trinajstić information content (AvgIpc) is 2.54. The molecule has 0 aliphatic heterocycles. The van der Waals surface area contributed by atoms with E-state index in [9.17, 15) is 10.2 Å². The van der Waals surface area contributed by atoms with E-state index in [-0.39, 0.29) is 18.4 Å². The van der Waals surface area contributed by atoms with Crippen molar-refractivity contribution in [2.24, 2.45) is 0 Å². The van der Waals surface area contributed by atoms with Crippen molar-refractivity contribution in [3.05, 3.63) is 60.2 Å². The molecule has 0 aliphatic rings. The molecule has 0 spiro atoms. The normalized spacial score (nSPS) is 13.5. The van der Waals surface area contributed by atoms with Crippen LogP contribution in [0.15, 0.2) is 54.6 Å². The van der Waals surface area contributed by atoms with Crippen molar-refractivity contribution in [2.75, 3.05) is 13.2 Å². The van der Waals surface area contributed by atoms with Gasteiger partial charge in [-0.15, -0.1) is 0 Å².